The van der Waals surface area contributed by atoms with Crippen LogP contribution >= 0.6 is 0 Å². The zero-order chi connectivity index (χ0) is 13.1. The molecule has 1 rings (SSSR count). The summed E-state index contributed by atoms with van der Waals surface area (Å²) < 4.78 is 9.33. The molecule has 0 heterocycles. The van der Waals surface area contributed by atoms with E-state index in [2.05, 4.69) is 4.74 Å². The van der Waals surface area contributed by atoms with Crippen LogP contribution in [0.3, 0.4) is 0 Å². The van der Waals surface area contributed by atoms with E-state index in [1.54, 1.807) is 6.92 Å². The third-order valence-electron chi connectivity index (χ3n) is 3.05. The Morgan fingerprint density at radius 2 is 2.06 bits per heavy atom. The third kappa shape index (κ3) is 1.98. The minimum Gasteiger partial charge on any atom is -0.468 e. The molecule has 5 nitrogen and oxygen atoms in total. The van der Waals surface area contributed by atoms with Crippen LogP contribution in [0.1, 0.15) is 13.3 Å². The van der Waals surface area contributed by atoms with E-state index in [0.717, 1.165) is 0 Å². The number of carbonyl (C=O) groups is 2. The Labute approximate surface area is 99.7 Å². The van der Waals surface area contributed by atoms with E-state index in [1.807, 2.05) is 0 Å². The van der Waals surface area contributed by atoms with Gasteiger partial charge >= 0.3 is 11.9 Å². The second-order valence-electron chi connectivity index (χ2n) is 3.72. The summed E-state index contributed by atoms with van der Waals surface area (Å²) in [4.78, 5) is 23.6. The van der Waals surface area contributed by atoms with Gasteiger partial charge in [0.15, 0.2) is 0 Å². The number of aliphatic hydroxyl groups excluding tert-OH is 1. The summed E-state index contributed by atoms with van der Waals surface area (Å²) in [6.45, 7) is 1.70. The molecule has 0 fully saturated rings. The monoisotopic (exact) mass is 240 g/mol. The van der Waals surface area contributed by atoms with Crippen LogP contribution in [0.25, 0.3) is 0 Å². The summed E-state index contributed by atoms with van der Waals surface area (Å²) >= 11 is 0. The van der Waals surface area contributed by atoms with Crippen molar-refractivity contribution in [1.29, 1.82) is 0 Å². The van der Waals surface area contributed by atoms with Gasteiger partial charge in [-0.2, -0.15) is 0 Å². The van der Waals surface area contributed by atoms with E-state index in [-0.39, 0.29) is 12.0 Å². The molecule has 1 aliphatic rings. The zero-order valence-electron chi connectivity index (χ0n) is 10.1. The van der Waals surface area contributed by atoms with E-state index < -0.39 is 23.5 Å². The lowest BCUT2D eigenvalue weighted by Gasteiger charge is -2.35. The zero-order valence-corrected chi connectivity index (χ0v) is 10.1. The highest BCUT2D eigenvalue weighted by Crippen LogP contribution is 2.40. The van der Waals surface area contributed by atoms with Crippen molar-refractivity contribution in [3.05, 3.63) is 23.8 Å². The van der Waals surface area contributed by atoms with Gasteiger partial charge in [0.05, 0.1) is 25.9 Å². The van der Waals surface area contributed by atoms with Gasteiger partial charge in [-0.15, -0.1) is 0 Å². The molecule has 0 aliphatic heterocycles. The maximum Gasteiger partial charge on any atom is 0.335 e. The summed E-state index contributed by atoms with van der Waals surface area (Å²) in [5.41, 5.74) is -1.26. The predicted octanol–water partition coefficient (Wildman–Crippen LogP) is 0.586. The Morgan fingerprint density at radius 3 is 2.53 bits per heavy atom. The lowest BCUT2D eigenvalue weighted by Crippen LogP contribution is -2.47. The SMILES string of the molecule is CC[C@]1(C(=O)OC)C(C(=O)OC)=CC=C[C@@H]1O. The summed E-state index contributed by atoms with van der Waals surface area (Å²) in [6, 6.07) is 0. The predicted molar refractivity (Wildman–Crippen MR) is 60.0 cm³/mol. The van der Waals surface area contributed by atoms with Gasteiger partial charge in [0, 0.05) is 0 Å². The lowest BCUT2D eigenvalue weighted by molar-refractivity contribution is -0.159. The van der Waals surface area contributed by atoms with Gasteiger partial charge in [-0.1, -0.05) is 25.2 Å². The normalized spacial score (nSPS) is 27.3. The molecule has 1 aliphatic carbocycles. The number of ether oxygens (including phenoxy) is 2. The van der Waals surface area contributed by atoms with Gasteiger partial charge < -0.3 is 14.6 Å². The van der Waals surface area contributed by atoms with Gasteiger partial charge in [0.2, 0.25) is 0 Å². The number of rotatable bonds is 3. The van der Waals surface area contributed by atoms with E-state index in [0.29, 0.717) is 0 Å². The van der Waals surface area contributed by atoms with Crippen molar-refractivity contribution in [2.75, 3.05) is 14.2 Å². The second kappa shape index (κ2) is 5.14. The van der Waals surface area contributed by atoms with Crippen LogP contribution in [0.4, 0.5) is 0 Å². The van der Waals surface area contributed by atoms with Gasteiger partial charge in [-0.05, 0) is 6.42 Å². The summed E-state index contributed by atoms with van der Waals surface area (Å²) in [6.07, 6.45) is 3.59. The molecule has 0 aromatic rings. The molecule has 0 aromatic carbocycles. The molecule has 0 radical (unpaired) electrons. The van der Waals surface area contributed by atoms with Crippen molar-refractivity contribution in [2.45, 2.75) is 19.4 Å². The highest BCUT2D eigenvalue weighted by Gasteiger charge is 2.51. The number of allylic oxidation sites excluding steroid dienone is 2. The topological polar surface area (TPSA) is 72.8 Å². The fourth-order valence-corrected chi connectivity index (χ4v) is 2.05. The fourth-order valence-electron chi connectivity index (χ4n) is 2.05. The number of hydrogen-bond donors (Lipinski definition) is 1. The molecule has 5 heteroatoms. The minimum absolute atomic E-state index is 0.115. The van der Waals surface area contributed by atoms with Crippen LogP contribution in [-0.4, -0.2) is 37.4 Å². The highest BCUT2D eigenvalue weighted by atomic mass is 16.5. The van der Waals surface area contributed by atoms with E-state index in [9.17, 15) is 14.7 Å². The lowest BCUT2D eigenvalue weighted by atomic mass is 9.70. The fraction of sp³-hybridized carbons (Fsp3) is 0.500. The molecular formula is C12H16O5. The Morgan fingerprint density at radius 1 is 1.41 bits per heavy atom. The minimum atomic E-state index is -1.38. The largest absolute Gasteiger partial charge is 0.468 e. The number of esters is 2. The van der Waals surface area contributed by atoms with Crippen molar-refractivity contribution >= 4 is 11.9 Å². The third-order valence-corrected chi connectivity index (χ3v) is 3.05. The van der Waals surface area contributed by atoms with E-state index in [4.69, 9.17) is 4.74 Å². The summed E-state index contributed by atoms with van der Waals surface area (Å²) in [5, 5.41) is 10.00. The van der Waals surface area contributed by atoms with E-state index >= 15 is 0 Å². The van der Waals surface area contributed by atoms with Crippen molar-refractivity contribution in [3.8, 4) is 0 Å². The van der Waals surface area contributed by atoms with Crippen LogP contribution in [0.2, 0.25) is 0 Å². The first-order valence-electron chi connectivity index (χ1n) is 5.28. The number of methoxy groups -OCH3 is 2. The van der Waals surface area contributed by atoms with Gasteiger partial charge in [0.1, 0.15) is 5.41 Å². The first-order valence-corrected chi connectivity index (χ1v) is 5.28. The standard InChI is InChI=1S/C12H16O5/c1-4-12(11(15)17-3)8(10(14)16-2)6-5-7-9(12)13/h5-7,9,13H,4H2,1-3H3/t9-,12-/m0/s1. The number of aliphatic hydroxyl groups is 1. The molecule has 0 amide bonds. The summed E-state index contributed by atoms with van der Waals surface area (Å²) in [7, 11) is 2.45. The van der Waals surface area contributed by atoms with Crippen molar-refractivity contribution in [2.24, 2.45) is 5.41 Å². The molecule has 0 spiro atoms. The molecule has 0 aromatic heterocycles. The summed E-state index contributed by atoms with van der Waals surface area (Å²) in [5.74, 6) is -1.28. The van der Waals surface area contributed by atoms with Crippen LogP contribution in [0.5, 0.6) is 0 Å². The van der Waals surface area contributed by atoms with Crippen LogP contribution in [0.15, 0.2) is 23.8 Å². The molecule has 94 valence electrons. The van der Waals surface area contributed by atoms with Crippen LogP contribution in [0, 0.1) is 5.41 Å². The average Bonchev–Trinajstić information content (AvgIpc) is 2.36. The van der Waals surface area contributed by atoms with Crippen molar-refractivity contribution in [3.63, 3.8) is 0 Å². The first-order chi connectivity index (χ1) is 8.04. The van der Waals surface area contributed by atoms with Gasteiger partial charge in [-0.25, -0.2) is 4.79 Å². The van der Waals surface area contributed by atoms with Crippen LogP contribution in [-0.2, 0) is 19.1 Å². The number of hydrogen-bond acceptors (Lipinski definition) is 5. The Kier molecular flexibility index (Phi) is 4.07. The Bertz CT molecular complexity index is 382. The number of carbonyl (C=O) groups excluding carboxylic acids is 2. The molecule has 0 saturated carbocycles. The van der Waals surface area contributed by atoms with Gasteiger partial charge in [-0.3, -0.25) is 4.79 Å². The van der Waals surface area contributed by atoms with E-state index in [1.165, 1.54) is 32.4 Å². The molecule has 0 unspecified atom stereocenters. The van der Waals surface area contributed by atoms with Gasteiger partial charge in [0.25, 0.3) is 0 Å². The van der Waals surface area contributed by atoms with Crippen molar-refractivity contribution in [1.82, 2.24) is 0 Å². The quantitative estimate of drug-likeness (QED) is 0.731. The smallest absolute Gasteiger partial charge is 0.335 e. The highest BCUT2D eigenvalue weighted by molar-refractivity contribution is 5.99. The maximum atomic E-state index is 11.9. The Hall–Kier alpha value is -1.62. The molecule has 17 heavy (non-hydrogen) atoms. The maximum absolute atomic E-state index is 11.9. The average molecular weight is 240 g/mol. The van der Waals surface area contributed by atoms with Crippen LogP contribution < -0.4 is 0 Å². The molecule has 2 atom stereocenters. The van der Waals surface area contributed by atoms with Crippen molar-refractivity contribution < 1.29 is 24.2 Å². The molecular weight excluding hydrogens is 224 g/mol. The molecule has 1 N–H and O–H groups in total. The Balaban J connectivity index is 3.31. The second-order valence-corrected chi connectivity index (χ2v) is 3.72. The molecule has 0 saturated heterocycles. The first kappa shape index (κ1) is 13.4. The molecule has 0 bridgehead atoms.